The van der Waals surface area contributed by atoms with Crippen LogP contribution in [0.5, 0.6) is 23.0 Å². The smallest absolute Gasteiger partial charge is 0.207 e. The van der Waals surface area contributed by atoms with Gasteiger partial charge in [-0.25, -0.2) is 4.39 Å². The number of nitrogens with zero attached hydrogens (tertiary/aromatic N) is 1. The fourth-order valence-electron chi connectivity index (χ4n) is 2.77. The molecule has 26 heavy (non-hydrogen) atoms. The first-order valence-electron chi connectivity index (χ1n) is 7.72. The molecule has 5 nitrogen and oxygen atoms in total. The molecule has 0 N–H and O–H groups in total. The lowest BCUT2D eigenvalue weighted by Crippen LogP contribution is -2.00. The lowest BCUT2D eigenvalue weighted by Gasteiger charge is -2.18. The van der Waals surface area contributed by atoms with Gasteiger partial charge in [0.15, 0.2) is 11.5 Å². The van der Waals surface area contributed by atoms with Crippen molar-refractivity contribution >= 4 is 11.5 Å². The number of ether oxygens (including phenoxy) is 4. The Labute approximate surface area is 155 Å². The monoisotopic (exact) mass is 375 g/mol. The Bertz CT molecular complexity index is 909. The zero-order valence-corrected chi connectivity index (χ0v) is 15.6. The third-order valence-corrected chi connectivity index (χ3v) is 4.80. The average Bonchev–Trinajstić information content (AvgIpc) is 3.16. The van der Waals surface area contributed by atoms with Gasteiger partial charge in [0.05, 0.1) is 33.3 Å². The molecular weight excluding hydrogens is 357 g/mol. The van der Waals surface area contributed by atoms with E-state index in [1.165, 1.54) is 37.9 Å². The van der Waals surface area contributed by atoms with Crippen molar-refractivity contribution in [2.45, 2.75) is 0 Å². The first-order valence-corrected chi connectivity index (χ1v) is 8.49. The van der Waals surface area contributed by atoms with Crippen LogP contribution < -0.4 is 18.9 Å². The number of hydrogen-bond acceptors (Lipinski definition) is 6. The number of benzene rings is 2. The predicted octanol–water partition coefficient (Wildman–Crippen LogP) is 4.65. The number of aromatic nitrogens is 1. The van der Waals surface area contributed by atoms with Gasteiger partial charge in [-0.2, -0.15) is 4.37 Å². The van der Waals surface area contributed by atoms with Crippen molar-refractivity contribution in [3.8, 4) is 44.6 Å². The molecule has 0 atom stereocenters. The van der Waals surface area contributed by atoms with E-state index >= 15 is 0 Å². The summed E-state index contributed by atoms with van der Waals surface area (Å²) < 4.78 is 39.5. The van der Waals surface area contributed by atoms with E-state index in [9.17, 15) is 4.39 Å². The maximum Gasteiger partial charge on any atom is 0.207 e. The minimum absolute atomic E-state index is 0.287. The van der Waals surface area contributed by atoms with Crippen molar-refractivity contribution in [1.82, 2.24) is 4.37 Å². The molecule has 0 amide bonds. The fourth-order valence-corrected chi connectivity index (χ4v) is 3.54. The number of hydrogen-bond donors (Lipinski definition) is 0. The van der Waals surface area contributed by atoms with Gasteiger partial charge in [0.1, 0.15) is 5.82 Å². The maximum atomic E-state index is 13.3. The van der Waals surface area contributed by atoms with Gasteiger partial charge < -0.3 is 18.9 Å². The molecule has 1 heterocycles. The molecule has 0 unspecified atom stereocenters. The van der Waals surface area contributed by atoms with Gasteiger partial charge in [-0.1, -0.05) is 12.1 Å². The Morgan fingerprint density at radius 1 is 0.808 bits per heavy atom. The molecule has 0 radical (unpaired) electrons. The molecule has 3 aromatic rings. The second-order valence-electron chi connectivity index (χ2n) is 5.30. The van der Waals surface area contributed by atoms with Crippen LogP contribution in [0.15, 0.2) is 36.5 Å². The van der Waals surface area contributed by atoms with Crippen LogP contribution >= 0.6 is 11.5 Å². The SMILES string of the molecule is COc1cc(-c2cnsc2-c2ccc(F)cc2)c(OC)c(OC)c1OC. The molecule has 0 saturated heterocycles. The standard InChI is InChI=1S/C19H18FNO4S/c1-22-15-9-13(16(23-2)18(25-4)17(15)24-3)14-10-21-26-19(14)11-5-7-12(20)8-6-11/h5-10H,1-4H3. The van der Waals surface area contributed by atoms with E-state index in [2.05, 4.69) is 4.37 Å². The molecule has 0 aliphatic carbocycles. The Balaban J connectivity index is 2.25. The van der Waals surface area contributed by atoms with Gasteiger partial charge in [0, 0.05) is 17.3 Å². The number of methoxy groups -OCH3 is 4. The topological polar surface area (TPSA) is 49.8 Å². The summed E-state index contributed by atoms with van der Waals surface area (Å²) in [6, 6.07) is 8.10. The fraction of sp³-hybridized carbons (Fsp3) is 0.211. The van der Waals surface area contributed by atoms with Crippen molar-refractivity contribution in [2.75, 3.05) is 28.4 Å². The molecule has 0 saturated carbocycles. The third-order valence-electron chi connectivity index (χ3n) is 3.96. The Hall–Kier alpha value is -2.80. The Morgan fingerprint density at radius 3 is 2.04 bits per heavy atom. The van der Waals surface area contributed by atoms with E-state index in [4.69, 9.17) is 18.9 Å². The Morgan fingerprint density at radius 2 is 1.46 bits per heavy atom. The number of rotatable bonds is 6. The van der Waals surface area contributed by atoms with Crippen molar-refractivity contribution < 1.29 is 23.3 Å². The van der Waals surface area contributed by atoms with Crippen LogP contribution in [0.25, 0.3) is 21.6 Å². The normalized spacial score (nSPS) is 10.5. The second kappa shape index (κ2) is 7.61. The molecule has 0 fully saturated rings. The van der Waals surface area contributed by atoms with Crippen LogP contribution in [0, 0.1) is 5.82 Å². The molecule has 7 heteroatoms. The summed E-state index contributed by atoms with van der Waals surface area (Å²) >= 11 is 1.32. The zero-order chi connectivity index (χ0) is 18.7. The third kappa shape index (κ3) is 3.06. The predicted molar refractivity (Wildman–Crippen MR) is 99.2 cm³/mol. The lowest BCUT2D eigenvalue weighted by atomic mass is 10.0. The largest absolute Gasteiger partial charge is 0.493 e. The average molecular weight is 375 g/mol. The highest BCUT2D eigenvalue weighted by molar-refractivity contribution is 7.10. The zero-order valence-electron chi connectivity index (χ0n) is 14.8. The first-order chi connectivity index (χ1) is 12.6. The van der Waals surface area contributed by atoms with E-state index in [1.54, 1.807) is 32.5 Å². The molecule has 136 valence electrons. The quantitative estimate of drug-likeness (QED) is 0.628. The molecule has 0 bridgehead atoms. The molecule has 0 aliphatic rings. The molecule has 0 spiro atoms. The summed E-state index contributed by atoms with van der Waals surface area (Å²) in [5, 5.41) is 0. The highest BCUT2D eigenvalue weighted by atomic mass is 32.1. The van der Waals surface area contributed by atoms with Gasteiger partial charge in [-0.05, 0) is 35.3 Å². The molecule has 2 aromatic carbocycles. The van der Waals surface area contributed by atoms with Crippen LogP contribution in [0.1, 0.15) is 0 Å². The van der Waals surface area contributed by atoms with Crippen LogP contribution in [0.3, 0.4) is 0 Å². The highest BCUT2D eigenvalue weighted by Crippen LogP contribution is 2.51. The maximum absolute atomic E-state index is 13.3. The number of halogens is 1. The van der Waals surface area contributed by atoms with Gasteiger partial charge in [0.2, 0.25) is 11.5 Å². The van der Waals surface area contributed by atoms with Crippen molar-refractivity contribution in [1.29, 1.82) is 0 Å². The molecule has 1 aromatic heterocycles. The molecular formula is C19H18FNO4S. The summed E-state index contributed by atoms with van der Waals surface area (Å²) in [5.41, 5.74) is 2.44. The minimum atomic E-state index is -0.287. The Kier molecular flexibility index (Phi) is 5.27. The van der Waals surface area contributed by atoms with Gasteiger partial charge >= 0.3 is 0 Å². The van der Waals surface area contributed by atoms with Crippen LogP contribution in [0.2, 0.25) is 0 Å². The van der Waals surface area contributed by atoms with Gasteiger partial charge in [-0.3, -0.25) is 0 Å². The highest BCUT2D eigenvalue weighted by Gasteiger charge is 2.24. The minimum Gasteiger partial charge on any atom is -0.493 e. The summed E-state index contributed by atoms with van der Waals surface area (Å²) in [4.78, 5) is 0.887. The second-order valence-corrected chi connectivity index (χ2v) is 6.10. The van der Waals surface area contributed by atoms with E-state index in [0.717, 1.165) is 21.6 Å². The van der Waals surface area contributed by atoms with Gasteiger partial charge in [-0.15, -0.1) is 0 Å². The lowest BCUT2D eigenvalue weighted by molar-refractivity contribution is 0.306. The van der Waals surface area contributed by atoms with E-state index in [0.29, 0.717) is 23.0 Å². The summed E-state index contributed by atoms with van der Waals surface area (Å²) in [6.45, 7) is 0. The van der Waals surface area contributed by atoms with E-state index < -0.39 is 0 Å². The summed E-state index contributed by atoms with van der Waals surface area (Å²) in [5.74, 6) is 1.61. The van der Waals surface area contributed by atoms with E-state index in [1.807, 2.05) is 6.07 Å². The summed E-state index contributed by atoms with van der Waals surface area (Å²) in [7, 11) is 6.19. The van der Waals surface area contributed by atoms with Crippen LogP contribution in [-0.2, 0) is 0 Å². The molecule has 0 aliphatic heterocycles. The first kappa shape index (κ1) is 18.0. The van der Waals surface area contributed by atoms with Gasteiger partial charge in [0.25, 0.3) is 0 Å². The summed E-state index contributed by atoms with van der Waals surface area (Å²) in [6.07, 6.45) is 1.74. The van der Waals surface area contributed by atoms with Crippen LogP contribution in [-0.4, -0.2) is 32.8 Å². The van der Waals surface area contributed by atoms with Crippen LogP contribution in [0.4, 0.5) is 4.39 Å². The molecule has 3 rings (SSSR count). The van der Waals surface area contributed by atoms with Crippen molar-refractivity contribution in [3.63, 3.8) is 0 Å². The van der Waals surface area contributed by atoms with Crippen molar-refractivity contribution in [3.05, 3.63) is 42.3 Å². The van der Waals surface area contributed by atoms with E-state index in [-0.39, 0.29) is 5.82 Å². The van der Waals surface area contributed by atoms with Crippen molar-refractivity contribution in [2.24, 2.45) is 0 Å².